The molecule has 16 heavy (non-hydrogen) atoms. The van der Waals surface area contributed by atoms with Gasteiger partial charge in [-0.2, -0.15) is 0 Å². The molecule has 1 aromatic carbocycles. The molecule has 88 valence electrons. The maximum Gasteiger partial charge on any atom is 0.220 e. The van der Waals surface area contributed by atoms with Crippen LogP contribution in [0.15, 0.2) is 24.3 Å². The minimum atomic E-state index is -0.462. The molecule has 0 bridgehead atoms. The highest BCUT2D eigenvalue weighted by Gasteiger charge is 2.03. The Kier molecular flexibility index (Phi) is 4.92. The van der Waals surface area contributed by atoms with Crippen LogP contribution in [0.5, 0.6) is 0 Å². The third-order valence-corrected chi connectivity index (χ3v) is 2.19. The van der Waals surface area contributed by atoms with E-state index in [1.807, 2.05) is 0 Å². The van der Waals surface area contributed by atoms with E-state index in [9.17, 15) is 9.18 Å². The maximum atomic E-state index is 12.6. The largest absolute Gasteiger partial charge is 0.393 e. The van der Waals surface area contributed by atoms with Crippen LogP contribution >= 0.6 is 0 Å². The van der Waals surface area contributed by atoms with Crippen LogP contribution in [-0.2, 0) is 11.3 Å². The van der Waals surface area contributed by atoms with Crippen molar-refractivity contribution in [3.05, 3.63) is 35.6 Å². The normalized spacial score (nSPS) is 12.2. The van der Waals surface area contributed by atoms with Crippen LogP contribution in [0.4, 0.5) is 4.39 Å². The summed E-state index contributed by atoms with van der Waals surface area (Å²) in [5, 5.41) is 11.7. The monoisotopic (exact) mass is 225 g/mol. The predicted molar refractivity (Wildman–Crippen MR) is 59.2 cm³/mol. The number of nitrogens with one attached hydrogen (secondary N) is 1. The molecular weight excluding hydrogens is 209 g/mol. The van der Waals surface area contributed by atoms with Crippen molar-refractivity contribution in [3.8, 4) is 0 Å². The molecule has 1 rings (SSSR count). The fourth-order valence-electron chi connectivity index (χ4n) is 1.23. The summed E-state index contributed by atoms with van der Waals surface area (Å²) in [5.41, 5.74) is 0.854. The molecule has 0 saturated heterocycles. The summed E-state index contributed by atoms with van der Waals surface area (Å²) < 4.78 is 12.6. The van der Waals surface area contributed by atoms with Crippen molar-refractivity contribution in [2.75, 3.05) is 0 Å². The van der Waals surface area contributed by atoms with E-state index in [-0.39, 0.29) is 11.7 Å². The number of rotatable bonds is 5. The first-order chi connectivity index (χ1) is 7.58. The van der Waals surface area contributed by atoms with Gasteiger partial charge >= 0.3 is 0 Å². The minimum Gasteiger partial charge on any atom is -0.393 e. The van der Waals surface area contributed by atoms with Crippen molar-refractivity contribution < 1.29 is 14.3 Å². The molecule has 0 heterocycles. The fraction of sp³-hybridized carbons (Fsp3) is 0.417. The quantitative estimate of drug-likeness (QED) is 0.799. The van der Waals surface area contributed by atoms with E-state index in [0.717, 1.165) is 5.56 Å². The lowest BCUT2D eigenvalue weighted by Crippen LogP contribution is -2.23. The lowest BCUT2D eigenvalue weighted by molar-refractivity contribution is -0.121. The van der Waals surface area contributed by atoms with Crippen LogP contribution in [0.25, 0.3) is 0 Å². The number of hydrogen-bond donors (Lipinski definition) is 2. The van der Waals surface area contributed by atoms with Crippen LogP contribution in [0.2, 0.25) is 0 Å². The molecule has 0 aliphatic carbocycles. The Labute approximate surface area is 94.3 Å². The second kappa shape index (κ2) is 6.23. The second-order valence-electron chi connectivity index (χ2n) is 3.79. The lowest BCUT2D eigenvalue weighted by Gasteiger charge is -2.06. The molecule has 0 saturated carbocycles. The highest BCUT2D eigenvalue weighted by Crippen LogP contribution is 2.02. The second-order valence-corrected chi connectivity index (χ2v) is 3.79. The van der Waals surface area contributed by atoms with Gasteiger partial charge in [0.15, 0.2) is 0 Å². The molecule has 1 aromatic rings. The summed E-state index contributed by atoms with van der Waals surface area (Å²) in [6, 6.07) is 5.98. The number of aliphatic hydroxyl groups excluding tert-OH is 1. The van der Waals surface area contributed by atoms with Gasteiger partial charge in [-0.1, -0.05) is 12.1 Å². The van der Waals surface area contributed by atoms with Crippen LogP contribution in [0, 0.1) is 5.82 Å². The highest BCUT2D eigenvalue weighted by molar-refractivity contribution is 5.75. The standard InChI is InChI=1S/C12H16FNO2/c1-9(15)2-7-12(16)14-8-10-3-5-11(13)6-4-10/h3-6,9,15H,2,7-8H2,1H3,(H,14,16). The van der Waals surface area contributed by atoms with Gasteiger partial charge in [0.05, 0.1) is 6.10 Å². The van der Waals surface area contributed by atoms with E-state index in [1.54, 1.807) is 19.1 Å². The fourth-order valence-corrected chi connectivity index (χ4v) is 1.23. The Bertz CT molecular complexity index is 335. The average Bonchev–Trinajstić information content (AvgIpc) is 2.25. The number of carbonyl (C=O) groups is 1. The highest BCUT2D eigenvalue weighted by atomic mass is 19.1. The van der Waals surface area contributed by atoms with Gasteiger partial charge in [-0.15, -0.1) is 0 Å². The summed E-state index contributed by atoms with van der Waals surface area (Å²) in [7, 11) is 0. The van der Waals surface area contributed by atoms with Gasteiger partial charge in [-0.25, -0.2) is 4.39 Å². The third kappa shape index (κ3) is 4.89. The molecule has 2 N–H and O–H groups in total. The van der Waals surface area contributed by atoms with E-state index >= 15 is 0 Å². The van der Waals surface area contributed by atoms with Crippen molar-refractivity contribution in [1.82, 2.24) is 5.32 Å². The Morgan fingerprint density at radius 2 is 2.06 bits per heavy atom. The molecule has 1 unspecified atom stereocenters. The number of benzene rings is 1. The van der Waals surface area contributed by atoms with Gasteiger partial charge in [-0.05, 0) is 31.0 Å². The number of carbonyl (C=O) groups excluding carboxylic acids is 1. The van der Waals surface area contributed by atoms with Gasteiger partial charge in [-0.3, -0.25) is 4.79 Å². The lowest BCUT2D eigenvalue weighted by atomic mass is 10.2. The number of halogens is 1. The van der Waals surface area contributed by atoms with Crippen molar-refractivity contribution >= 4 is 5.91 Å². The first-order valence-corrected chi connectivity index (χ1v) is 5.27. The Hall–Kier alpha value is -1.42. The molecule has 4 heteroatoms. The van der Waals surface area contributed by atoms with Gasteiger partial charge in [0.1, 0.15) is 5.82 Å². The number of hydrogen-bond acceptors (Lipinski definition) is 2. The maximum absolute atomic E-state index is 12.6. The van der Waals surface area contributed by atoms with Crippen LogP contribution in [-0.4, -0.2) is 17.1 Å². The van der Waals surface area contributed by atoms with Gasteiger partial charge < -0.3 is 10.4 Å². The molecule has 1 atom stereocenters. The van der Waals surface area contributed by atoms with Crippen molar-refractivity contribution in [2.24, 2.45) is 0 Å². The Balaban J connectivity index is 2.29. The third-order valence-electron chi connectivity index (χ3n) is 2.19. The zero-order valence-corrected chi connectivity index (χ0v) is 9.24. The number of aliphatic hydroxyl groups is 1. The van der Waals surface area contributed by atoms with Crippen molar-refractivity contribution in [1.29, 1.82) is 0 Å². The smallest absolute Gasteiger partial charge is 0.220 e. The Morgan fingerprint density at radius 1 is 1.44 bits per heavy atom. The minimum absolute atomic E-state index is 0.106. The van der Waals surface area contributed by atoms with Gasteiger partial charge in [0, 0.05) is 13.0 Å². The van der Waals surface area contributed by atoms with Gasteiger partial charge in [0.2, 0.25) is 5.91 Å². The molecule has 0 spiro atoms. The van der Waals surface area contributed by atoms with E-state index in [1.165, 1.54) is 12.1 Å². The average molecular weight is 225 g/mol. The predicted octanol–water partition coefficient (Wildman–Crippen LogP) is 1.60. The molecule has 0 aliphatic heterocycles. The van der Waals surface area contributed by atoms with E-state index in [2.05, 4.69) is 5.32 Å². The molecule has 0 aromatic heterocycles. The van der Waals surface area contributed by atoms with Crippen molar-refractivity contribution in [3.63, 3.8) is 0 Å². The first-order valence-electron chi connectivity index (χ1n) is 5.27. The molecule has 0 aliphatic rings. The summed E-state index contributed by atoms with van der Waals surface area (Å²) >= 11 is 0. The first kappa shape index (κ1) is 12.6. The van der Waals surface area contributed by atoms with E-state index in [0.29, 0.717) is 19.4 Å². The SMILES string of the molecule is CC(O)CCC(=O)NCc1ccc(F)cc1. The van der Waals surface area contributed by atoms with Crippen LogP contribution < -0.4 is 5.32 Å². The van der Waals surface area contributed by atoms with Crippen molar-refractivity contribution in [2.45, 2.75) is 32.4 Å². The van der Waals surface area contributed by atoms with Crippen LogP contribution in [0.3, 0.4) is 0 Å². The zero-order chi connectivity index (χ0) is 12.0. The van der Waals surface area contributed by atoms with Gasteiger partial charge in [0.25, 0.3) is 0 Å². The topological polar surface area (TPSA) is 49.3 Å². The summed E-state index contributed by atoms with van der Waals surface area (Å²) in [4.78, 5) is 11.3. The van der Waals surface area contributed by atoms with E-state index < -0.39 is 6.10 Å². The Morgan fingerprint density at radius 3 is 2.62 bits per heavy atom. The molecule has 0 fully saturated rings. The van der Waals surface area contributed by atoms with E-state index in [4.69, 9.17) is 5.11 Å². The summed E-state index contributed by atoms with van der Waals surface area (Å²) in [6.45, 7) is 2.03. The van der Waals surface area contributed by atoms with Crippen LogP contribution in [0.1, 0.15) is 25.3 Å². The summed E-state index contributed by atoms with van der Waals surface area (Å²) in [5.74, 6) is -0.394. The summed E-state index contributed by atoms with van der Waals surface area (Å²) in [6.07, 6.45) is 0.297. The number of amides is 1. The molecule has 0 radical (unpaired) electrons. The zero-order valence-electron chi connectivity index (χ0n) is 9.24. The molecular formula is C12H16FNO2. The molecule has 3 nitrogen and oxygen atoms in total. The molecule has 1 amide bonds.